The number of fused-ring (bicyclic) bond motifs is 2. The van der Waals surface area contributed by atoms with Crippen molar-refractivity contribution < 1.29 is 4.79 Å². The van der Waals surface area contributed by atoms with Gasteiger partial charge in [-0.2, -0.15) is 0 Å². The molecule has 4 rings (SSSR count). The van der Waals surface area contributed by atoms with Gasteiger partial charge in [0.1, 0.15) is 0 Å². The molecule has 0 aliphatic heterocycles. The number of amides is 1. The maximum Gasteiger partial charge on any atom is 0.316 e. The molecule has 7 nitrogen and oxygen atoms in total. The molecule has 4 aromatic rings. The molecule has 2 heterocycles. The van der Waals surface area contributed by atoms with Crippen molar-refractivity contribution in [1.82, 2.24) is 14.5 Å². The van der Waals surface area contributed by atoms with Crippen LogP contribution in [0, 0.1) is 0 Å². The molecular formula is C20H16N4O3. The van der Waals surface area contributed by atoms with Crippen molar-refractivity contribution in [2.24, 2.45) is 0 Å². The van der Waals surface area contributed by atoms with Crippen molar-refractivity contribution >= 4 is 33.5 Å². The number of aromatic amines is 1. The molecule has 134 valence electrons. The molecule has 0 aliphatic carbocycles. The smallest absolute Gasteiger partial charge is 0.316 e. The summed E-state index contributed by atoms with van der Waals surface area (Å²) in [4.78, 5) is 43.1. The van der Waals surface area contributed by atoms with Crippen LogP contribution in [0.3, 0.4) is 0 Å². The van der Waals surface area contributed by atoms with Crippen LogP contribution in [-0.2, 0) is 6.54 Å². The minimum absolute atomic E-state index is 0.310. The van der Waals surface area contributed by atoms with E-state index < -0.39 is 11.1 Å². The first-order valence-electron chi connectivity index (χ1n) is 8.50. The molecular weight excluding hydrogens is 344 g/mol. The lowest BCUT2D eigenvalue weighted by molar-refractivity contribution is 0.102. The maximum absolute atomic E-state index is 12.6. The highest BCUT2D eigenvalue weighted by atomic mass is 16.2. The number of benzene rings is 2. The van der Waals surface area contributed by atoms with E-state index in [-0.39, 0.29) is 5.91 Å². The average Bonchev–Trinajstić information content (AvgIpc) is 2.68. The Hall–Kier alpha value is -3.74. The third-order valence-electron chi connectivity index (χ3n) is 4.41. The minimum atomic E-state index is -0.705. The number of carbonyl (C=O) groups excluding carboxylic acids is 1. The van der Waals surface area contributed by atoms with Gasteiger partial charge < -0.3 is 14.9 Å². The SMILES string of the molecule is CCn1c(=O)c(=O)[nH]c2cc(C(=O)Nc3ccc4ncccc4c3)ccc21. The highest BCUT2D eigenvalue weighted by Gasteiger charge is 2.11. The van der Waals surface area contributed by atoms with Crippen LogP contribution in [0.1, 0.15) is 17.3 Å². The van der Waals surface area contributed by atoms with Crippen LogP contribution in [0.4, 0.5) is 5.69 Å². The lowest BCUT2D eigenvalue weighted by Gasteiger charge is -2.10. The van der Waals surface area contributed by atoms with Crippen LogP contribution in [0.5, 0.6) is 0 Å². The van der Waals surface area contributed by atoms with Gasteiger partial charge in [0.2, 0.25) is 0 Å². The van der Waals surface area contributed by atoms with Crippen molar-refractivity contribution in [2.75, 3.05) is 5.32 Å². The lowest BCUT2D eigenvalue weighted by Crippen LogP contribution is -2.36. The number of pyridine rings is 1. The van der Waals surface area contributed by atoms with E-state index in [0.717, 1.165) is 10.9 Å². The largest absolute Gasteiger partial charge is 0.322 e. The van der Waals surface area contributed by atoms with E-state index in [1.165, 1.54) is 4.57 Å². The lowest BCUT2D eigenvalue weighted by atomic mass is 10.1. The maximum atomic E-state index is 12.6. The molecule has 1 amide bonds. The number of carbonyl (C=O) groups is 1. The van der Waals surface area contributed by atoms with Gasteiger partial charge >= 0.3 is 11.1 Å². The van der Waals surface area contributed by atoms with E-state index in [2.05, 4.69) is 15.3 Å². The summed E-state index contributed by atoms with van der Waals surface area (Å²) in [7, 11) is 0. The molecule has 7 heteroatoms. The Labute approximate surface area is 153 Å². The van der Waals surface area contributed by atoms with Crippen LogP contribution in [0.15, 0.2) is 64.3 Å². The van der Waals surface area contributed by atoms with Crippen molar-refractivity contribution in [3.63, 3.8) is 0 Å². The Balaban J connectivity index is 1.70. The molecule has 0 saturated carbocycles. The minimum Gasteiger partial charge on any atom is -0.322 e. The van der Waals surface area contributed by atoms with Crippen LogP contribution in [-0.4, -0.2) is 20.4 Å². The molecule has 2 N–H and O–H groups in total. The number of anilines is 1. The number of aryl methyl sites for hydroxylation is 1. The predicted octanol–water partition coefficient (Wildman–Crippen LogP) is 2.51. The zero-order valence-electron chi connectivity index (χ0n) is 14.5. The van der Waals surface area contributed by atoms with E-state index in [1.54, 1.807) is 37.4 Å². The standard InChI is InChI=1S/C20H16N4O3/c1-2-24-17-8-5-13(11-16(17)23-19(26)20(24)27)18(25)22-14-6-7-15-12(10-14)4-3-9-21-15/h3-11H,2H2,1H3,(H,22,25)(H,23,26). The van der Waals surface area contributed by atoms with Gasteiger partial charge in [0.15, 0.2) is 0 Å². The quantitative estimate of drug-likeness (QED) is 0.549. The number of hydrogen-bond acceptors (Lipinski definition) is 4. The molecule has 0 radical (unpaired) electrons. The van der Waals surface area contributed by atoms with E-state index in [4.69, 9.17) is 0 Å². The Kier molecular flexibility index (Phi) is 4.04. The molecule has 0 atom stereocenters. The first-order chi connectivity index (χ1) is 13.1. The summed E-state index contributed by atoms with van der Waals surface area (Å²) < 4.78 is 1.38. The number of rotatable bonds is 3. The van der Waals surface area contributed by atoms with E-state index in [0.29, 0.717) is 28.8 Å². The number of aromatic nitrogens is 3. The van der Waals surface area contributed by atoms with Gasteiger partial charge in [0.25, 0.3) is 5.91 Å². The van der Waals surface area contributed by atoms with Gasteiger partial charge in [-0.25, -0.2) is 0 Å². The van der Waals surface area contributed by atoms with Gasteiger partial charge in [0.05, 0.1) is 16.6 Å². The molecule has 2 aromatic heterocycles. The topological polar surface area (TPSA) is 96.9 Å². The van der Waals surface area contributed by atoms with Crippen LogP contribution in [0.2, 0.25) is 0 Å². The Morgan fingerprint density at radius 2 is 2.00 bits per heavy atom. The first kappa shape index (κ1) is 16.7. The predicted molar refractivity (Wildman–Crippen MR) is 104 cm³/mol. The third kappa shape index (κ3) is 2.99. The number of H-pyrrole nitrogens is 1. The summed E-state index contributed by atoms with van der Waals surface area (Å²) in [6.07, 6.45) is 1.71. The second-order valence-electron chi connectivity index (χ2n) is 6.10. The summed E-state index contributed by atoms with van der Waals surface area (Å²) in [5.41, 5.74) is 1.58. The second-order valence-corrected chi connectivity index (χ2v) is 6.10. The van der Waals surface area contributed by atoms with Crippen LogP contribution in [0.25, 0.3) is 21.9 Å². The number of hydrogen-bond donors (Lipinski definition) is 2. The summed E-state index contributed by atoms with van der Waals surface area (Å²) in [6.45, 7) is 2.16. The van der Waals surface area contributed by atoms with Crippen molar-refractivity contribution in [1.29, 1.82) is 0 Å². The van der Waals surface area contributed by atoms with Crippen molar-refractivity contribution in [2.45, 2.75) is 13.5 Å². The Bertz CT molecular complexity index is 1300. The highest BCUT2D eigenvalue weighted by Crippen LogP contribution is 2.18. The second kappa shape index (κ2) is 6.53. The molecule has 0 unspecified atom stereocenters. The molecule has 0 bridgehead atoms. The fraction of sp³-hybridized carbons (Fsp3) is 0.100. The molecule has 0 fully saturated rings. The number of nitrogens with zero attached hydrogens (tertiary/aromatic N) is 2. The molecule has 0 spiro atoms. The van der Waals surface area contributed by atoms with E-state index >= 15 is 0 Å². The average molecular weight is 360 g/mol. The summed E-state index contributed by atoms with van der Waals surface area (Å²) in [5.74, 6) is -0.310. The fourth-order valence-electron chi connectivity index (χ4n) is 3.09. The molecule has 0 saturated heterocycles. The first-order valence-corrected chi connectivity index (χ1v) is 8.50. The summed E-state index contributed by atoms with van der Waals surface area (Å²) >= 11 is 0. The van der Waals surface area contributed by atoms with E-state index in [1.807, 2.05) is 24.3 Å². The third-order valence-corrected chi connectivity index (χ3v) is 4.41. The molecule has 2 aromatic carbocycles. The summed E-state index contributed by atoms with van der Waals surface area (Å²) in [6, 6.07) is 14.1. The van der Waals surface area contributed by atoms with Gasteiger partial charge in [0, 0.05) is 29.4 Å². The zero-order valence-corrected chi connectivity index (χ0v) is 14.5. The number of nitrogens with one attached hydrogen (secondary N) is 2. The van der Waals surface area contributed by atoms with Crippen molar-refractivity contribution in [3.05, 3.63) is 81.0 Å². The van der Waals surface area contributed by atoms with Gasteiger partial charge in [-0.15, -0.1) is 0 Å². The van der Waals surface area contributed by atoms with Crippen molar-refractivity contribution in [3.8, 4) is 0 Å². The van der Waals surface area contributed by atoms with Crippen LogP contribution >= 0.6 is 0 Å². The van der Waals surface area contributed by atoms with Gasteiger partial charge in [-0.3, -0.25) is 19.4 Å². The summed E-state index contributed by atoms with van der Waals surface area (Å²) in [5, 5.41) is 3.76. The molecule has 27 heavy (non-hydrogen) atoms. The normalized spacial score (nSPS) is 11.0. The Morgan fingerprint density at radius 3 is 2.81 bits per heavy atom. The van der Waals surface area contributed by atoms with E-state index in [9.17, 15) is 14.4 Å². The zero-order chi connectivity index (χ0) is 19.0. The highest BCUT2D eigenvalue weighted by molar-refractivity contribution is 6.06. The van der Waals surface area contributed by atoms with Gasteiger partial charge in [-0.1, -0.05) is 6.07 Å². The Morgan fingerprint density at radius 1 is 1.15 bits per heavy atom. The van der Waals surface area contributed by atoms with Gasteiger partial charge in [-0.05, 0) is 49.4 Å². The fourth-order valence-corrected chi connectivity index (χ4v) is 3.09. The van der Waals surface area contributed by atoms with Crippen LogP contribution < -0.4 is 16.4 Å². The monoisotopic (exact) mass is 360 g/mol. The molecule has 0 aliphatic rings.